The lowest BCUT2D eigenvalue weighted by Crippen LogP contribution is -2.49. The van der Waals surface area contributed by atoms with Crippen molar-refractivity contribution in [3.63, 3.8) is 0 Å². The van der Waals surface area contributed by atoms with Crippen molar-refractivity contribution in [2.24, 2.45) is 0 Å². The van der Waals surface area contributed by atoms with E-state index in [2.05, 4.69) is 26.8 Å². The molecule has 1 amide bonds. The average molecular weight is 515 g/mol. The highest BCUT2D eigenvalue weighted by Crippen LogP contribution is 2.36. The Labute approximate surface area is 213 Å². The first-order chi connectivity index (χ1) is 17.3. The Hall–Kier alpha value is -3.23. The molecule has 1 saturated heterocycles. The number of nitrogens with one attached hydrogen (secondary N) is 1. The molecule has 0 spiro atoms. The van der Waals surface area contributed by atoms with Gasteiger partial charge < -0.3 is 5.32 Å². The SMILES string of the molecule is C=CCN1CCCC[C@H]1C(NC(=O)c1nccc(C(F)(F)F)c1Cl)c1ccc(-c2cccnc2)cc1. The number of carbonyl (C=O) groups is 1. The summed E-state index contributed by atoms with van der Waals surface area (Å²) >= 11 is 6.00. The van der Waals surface area contributed by atoms with Crippen LogP contribution in [-0.2, 0) is 6.18 Å². The van der Waals surface area contributed by atoms with Crippen molar-refractivity contribution in [2.75, 3.05) is 13.1 Å². The number of piperidine rings is 1. The van der Waals surface area contributed by atoms with Crippen LogP contribution in [0.1, 0.15) is 46.9 Å². The van der Waals surface area contributed by atoms with Crippen LogP contribution in [0.4, 0.5) is 13.2 Å². The zero-order chi connectivity index (χ0) is 25.7. The Morgan fingerprint density at radius 2 is 1.94 bits per heavy atom. The van der Waals surface area contributed by atoms with Gasteiger partial charge in [0.1, 0.15) is 5.69 Å². The molecular formula is C27H26ClF3N4O. The van der Waals surface area contributed by atoms with Crippen LogP contribution in [0.5, 0.6) is 0 Å². The van der Waals surface area contributed by atoms with E-state index in [1.165, 1.54) is 0 Å². The minimum absolute atomic E-state index is 0.0745. The highest BCUT2D eigenvalue weighted by molar-refractivity contribution is 6.34. The number of nitrogens with zero attached hydrogens (tertiary/aromatic N) is 3. The van der Waals surface area contributed by atoms with Gasteiger partial charge in [-0.25, -0.2) is 4.98 Å². The van der Waals surface area contributed by atoms with Crippen LogP contribution in [0.15, 0.2) is 73.7 Å². The van der Waals surface area contributed by atoms with Crippen LogP contribution in [0.2, 0.25) is 5.02 Å². The smallest absolute Gasteiger partial charge is 0.342 e. The van der Waals surface area contributed by atoms with Gasteiger partial charge in [-0.05, 0) is 48.2 Å². The fraction of sp³-hybridized carbons (Fsp3) is 0.296. The van der Waals surface area contributed by atoms with Crippen molar-refractivity contribution in [2.45, 2.75) is 37.5 Å². The van der Waals surface area contributed by atoms with Crippen LogP contribution in [0.25, 0.3) is 11.1 Å². The first-order valence-electron chi connectivity index (χ1n) is 11.7. The standard InChI is InChI=1S/C27H26ClF3N4O/c1-2-15-35-16-4-3-7-22(35)24(19-10-8-18(9-11-19)20-6-5-13-32-17-20)34-26(36)25-23(28)21(12-14-33-25)27(29,30)31/h2,5-6,8-14,17,22,24H,1,3-4,7,15-16H2,(H,34,36)/t22-,24?/m0/s1. The molecule has 3 heterocycles. The number of aromatic nitrogens is 2. The zero-order valence-electron chi connectivity index (χ0n) is 19.5. The van der Waals surface area contributed by atoms with Crippen LogP contribution in [0.3, 0.4) is 0 Å². The van der Waals surface area contributed by atoms with E-state index in [0.717, 1.165) is 54.8 Å². The van der Waals surface area contributed by atoms with Crippen molar-refractivity contribution in [3.05, 3.63) is 95.6 Å². The molecule has 5 nitrogen and oxygen atoms in total. The van der Waals surface area contributed by atoms with Crippen LogP contribution >= 0.6 is 11.6 Å². The molecule has 0 bridgehead atoms. The summed E-state index contributed by atoms with van der Waals surface area (Å²) in [6.45, 7) is 5.32. The maximum Gasteiger partial charge on any atom is 0.417 e. The van der Waals surface area contributed by atoms with Crippen molar-refractivity contribution in [3.8, 4) is 11.1 Å². The molecule has 3 aromatic rings. The summed E-state index contributed by atoms with van der Waals surface area (Å²) in [6, 6.07) is 11.7. The Morgan fingerprint density at radius 1 is 1.17 bits per heavy atom. The van der Waals surface area contributed by atoms with E-state index in [1.807, 2.05) is 42.5 Å². The number of hydrogen-bond donors (Lipinski definition) is 1. The van der Waals surface area contributed by atoms with E-state index in [4.69, 9.17) is 11.6 Å². The molecule has 1 aliphatic rings. The van der Waals surface area contributed by atoms with E-state index in [-0.39, 0.29) is 6.04 Å². The van der Waals surface area contributed by atoms with Gasteiger partial charge in [0.15, 0.2) is 0 Å². The number of rotatable bonds is 7. The normalized spacial score (nSPS) is 17.4. The Morgan fingerprint density at radius 3 is 2.61 bits per heavy atom. The van der Waals surface area contributed by atoms with Gasteiger partial charge in [-0.2, -0.15) is 13.2 Å². The summed E-state index contributed by atoms with van der Waals surface area (Å²) in [6.07, 6.45) is 4.34. The number of halogens is 4. The van der Waals surface area contributed by atoms with Crippen LogP contribution in [0, 0.1) is 0 Å². The topological polar surface area (TPSA) is 58.1 Å². The van der Waals surface area contributed by atoms with Crippen molar-refractivity contribution in [1.29, 1.82) is 0 Å². The molecule has 0 saturated carbocycles. The van der Waals surface area contributed by atoms with Crippen LogP contribution in [-0.4, -0.2) is 39.9 Å². The fourth-order valence-electron chi connectivity index (χ4n) is 4.64. The van der Waals surface area contributed by atoms with E-state index in [0.29, 0.717) is 6.54 Å². The maximum atomic E-state index is 13.4. The van der Waals surface area contributed by atoms with E-state index in [9.17, 15) is 18.0 Å². The third-order valence-corrected chi connectivity index (χ3v) is 6.76. The number of benzene rings is 1. The lowest BCUT2D eigenvalue weighted by atomic mass is 9.89. The number of carbonyl (C=O) groups excluding carboxylic acids is 1. The van der Waals surface area contributed by atoms with Gasteiger partial charge in [0.2, 0.25) is 0 Å². The van der Waals surface area contributed by atoms with Gasteiger partial charge in [-0.15, -0.1) is 6.58 Å². The van der Waals surface area contributed by atoms with Crippen molar-refractivity contribution < 1.29 is 18.0 Å². The molecule has 4 rings (SSSR count). The minimum Gasteiger partial charge on any atom is -0.342 e. The van der Waals surface area contributed by atoms with Crippen molar-refractivity contribution >= 4 is 17.5 Å². The van der Waals surface area contributed by atoms with Gasteiger partial charge >= 0.3 is 6.18 Å². The Kier molecular flexibility index (Phi) is 8.06. The van der Waals surface area contributed by atoms with Gasteiger partial charge in [0, 0.05) is 31.2 Å². The molecule has 1 fully saturated rings. The first-order valence-corrected chi connectivity index (χ1v) is 12.0. The molecule has 2 atom stereocenters. The third-order valence-electron chi connectivity index (χ3n) is 6.37. The molecule has 188 valence electrons. The predicted octanol–water partition coefficient (Wildman–Crippen LogP) is 6.33. The third kappa shape index (κ3) is 5.77. The second-order valence-corrected chi connectivity index (χ2v) is 9.06. The molecule has 36 heavy (non-hydrogen) atoms. The molecule has 0 aliphatic carbocycles. The quantitative estimate of drug-likeness (QED) is 0.374. The monoisotopic (exact) mass is 514 g/mol. The lowest BCUT2D eigenvalue weighted by Gasteiger charge is -2.40. The van der Waals surface area contributed by atoms with E-state index < -0.39 is 34.4 Å². The first kappa shape index (κ1) is 25.9. The second kappa shape index (κ2) is 11.2. The molecule has 2 aromatic heterocycles. The van der Waals surface area contributed by atoms with Gasteiger partial charge in [0.05, 0.1) is 16.6 Å². The molecule has 1 aromatic carbocycles. The molecular weight excluding hydrogens is 489 g/mol. The van der Waals surface area contributed by atoms with Crippen LogP contribution < -0.4 is 5.32 Å². The highest BCUT2D eigenvalue weighted by Gasteiger charge is 2.37. The predicted molar refractivity (Wildman–Crippen MR) is 134 cm³/mol. The summed E-state index contributed by atoms with van der Waals surface area (Å²) in [5.74, 6) is -0.753. The molecule has 1 aliphatic heterocycles. The van der Waals surface area contributed by atoms with Crippen molar-refractivity contribution in [1.82, 2.24) is 20.2 Å². The molecule has 1 N–H and O–H groups in total. The van der Waals surface area contributed by atoms with Gasteiger partial charge in [0.25, 0.3) is 5.91 Å². The number of amides is 1. The largest absolute Gasteiger partial charge is 0.417 e. The summed E-state index contributed by atoms with van der Waals surface area (Å²) in [4.78, 5) is 23.5. The van der Waals surface area contributed by atoms with E-state index in [1.54, 1.807) is 12.4 Å². The number of hydrogen-bond acceptors (Lipinski definition) is 4. The second-order valence-electron chi connectivity index (χ2n) is 8.68. The molecule has 9 heteroatoms. The van der Waals surface area contributed by atoms with E-state index >= 15 is 0 Å². The number of alkyl halides is 3. The average Bonchev–Trinajstić information content (AvgIpc) is 2.88. The summed E-state index contributed by atoms with van der Waals surface area (Å²) in [5.41, 5.74) is 1.21. The summed E-state index contributed by atoms with van der Waals surface area (Å²) in [5, 5.41) is 2.24. The number of likely N-dealkylation sites (tertiary alicyclic amines) is 1. The maximum absolute atomic E-state index is 13.4. The minimum atomic E-state index is -4.69. The summed E-state index contributed by atoms with van der Waals surface area (Å²) in [7, 11) is 0. The van der Waals surface area contributed by atoms with Gasteiger partial charge in [-0.3, -0.25) is 14.7 Å². The Balaban J connectivity index is 1.69. The van der Waals surface area contributed by atoms with Gasteiger partial charge in [-0.1, -0.05) is 54.4 Å². The zero-order valence-corrected chi connectivity index (χ0v) is 20.3. The summed E-state index contributed by atoms with van der Waals surface area (Å²) < 4.78 is 40.1. The highest BCUT2D eigenvalue weighted by atomic mass is 35.5. The molecule has 1 unspecified atom stereocenters. The number of pyridine rings is 2. The Bertz CT molecular complexity index is 1200. The fourth-order valence-corrected chi connectivity index (χ4v) is 4.94. The lowest BCUT2D eigenvalue weighted by molar-refractivity contribution is -0.137. The molecule has 0 radical (unpaired) electrons.